The number of likely N-dealkylation sites (tertiary alicyclic amines) is 2. The molecule has 1 unspecified atom stereocenters. The van der Waals surface area contributed by atoms with Gasteiger partial charge in [0.05, 0.1) is 11.1 Å². The standard InChI is InChI=1S/C21H31N3O3/c1-15-18(16(2)27-22-15)19(25)24-12-10-21(14-24)9-6-11-23(20(21)26)13-17-7-4-3-5-8-17/h17H,3-14H2,1-2H3. The van der Waals surface area contributed by atoms with Gasteiger partial charge in [-0.1, -0.05) is 24.4 Å². The Balaban J connectivity index is 1.45. The Hall–Kier alpha value is -1.85. The van der Waals surface area contributed by atoms with Gasteiger partial charge in [-0.3, -0.25) is 9.59 Å². The quantitative estimate of drug-likeness (QED) is 0.815. The van der Waals surface area contributed by atoms with Crippen molar-refractivity contribution >= 4 is 11.8 Å². The fourth-order valence-corrected chi connectivity index (χ4v) is 5.38. The SMILES string of the molecule is Cc1noc(C)c1C(=O)N1CCC2(CCCN(CC3CCCCC3)C2=O)C1. The maximum absolute atomic E-state index is 13.4. The van der Waals surface area contributed by atoms with E-state index in [0.29, 0.717) is 36.0 Å². The predicted octanol–water partition coefficient (Wildman–Crippen LogP) is 3.33. The lowest BCUT2D eigenvalue weighted by atomic mass is 9.77. The van der Waals surface area contributed by atoms with E-state index in [1.54, 1.807) is 13.8 Å². The molecule has 2 aliphatic heterocycles. The third-order valence-electron chi connectivity index (χ3n) is 6.92. The Bertz CT molecular complexity index is 703. The minimum absolute atomic E-state index is 0.0414. The first-order valence-corrected chi connectivity index (χ1v) is 10.5. The molecule has 1 atom stereocenters. The molecule has 6 heteroatoms. The summed E-state index contributed by atoms with van der Waals surface area (Å²) in [5, 5.41) is 3.91. The van der Waals surface area contributed by atoms with Crippen molar-refractivity contribution < 1.29 is 14.1 Å². The summed E-state index contributed by atoms with van der Waals surface area (Å²) in [7, 11) is 0. The predicted molar refractivity (Wildman–Crippen MR) is 101 cm³/mol. The number of nitrogens with zero attached hydrogens (tertiary/aromatic N) is 3. The molecule has 0 radical (unpaired) electrons. The first-order valence-electron chi connectivity index (χ1n) is 10.5. The molecular weight excluding hydrogens is 342 g/mol. The second-order valence-electron chi connectivity index (χ2n) is 8.81. The number of hydrogen-bond donors (Lipinski definition) is 0. The average Bonchev–Trinajstić information content (AvgIpc) is 3.24. The zero-order chi connectivity index (χ0) is 19.0. The molecule has 1 saturated carbocycles. The average molecular weight is 373 g/mol. The van der Waals surface area contributed by atoms with Crippen LogP contribution in [0.3, 0.4) is 0 Å². The van der Waals surface area contributed by atoms with Crippen LogP contribution in [0, 0.1) is 25.2 Å². The van der Waals surface area contributed by atoms with E-state index in [4.69, 9.17) is 4.52 Å². The van der Waals surface area contributed by atoms with E-state index >= 15 is 0 Å². The van der Waals surface area contributed by atoms with Gasteiger partial charge in [-0.2, -0.15) is 0 Å². The summed E-state index contributed by atoms with van der Waals surface area (Å²) < 4.78 is 5.16. The normalized spacial score (nSPS) is 27.0. The van der Waals surface area contributed by atoms with Crippen LogP contribution >= 0.6 is 0 Å². The largest absolute Gasteiger partial charge is 0.361 e. The van der Waals surface area contributed by atoms with E-state index in [9.17, 15) is 9.59 Å². The molecule has 1 aliphatic carbocycles. The van der Waals surface area contributed by atoms with Crippen molar-refractivity contribution in [1.82, 2.24) is 15.0 Å². The lowest BCUT2D eigenvalue weighted by molar-refractivity contribution is -0.146. The van der Waals surface area contributed by atoms with Crippen LogP contribution in [0.5, 0.6) is 0 Å². The molecule has 1 aromatic rings. The lowest BCUT2D eigenvalue weighted by Crippen LogP contribution is -2.51. The summed E-state index contributed by atoms with van der Waals surface area (Å²) in [6, 6.07) is 0. The number of aromatic nitrogens is 1. The van der Waals surface area contributed by atoms with Crippen LogP contribution < -0.4 is 0 Å². The molecule has 1 aromatic heterocycles. The molecule has 0 N–H and O–H groups in total. The van der Waals surface area contributed by atoms with Crippen LogP contribution in [0.15, 0.2) is 4.52 Å². The Morgan fingerprint density at radius 2 is 1.93 bits per heavy atom. The van der Waals surface area contributed by atoms with Crippen molar-refractivity contribution in [3.63, 3.8) is 0 Å². The van der Waals surface area contributed by atoms with Gasteiger partial charge in [0.15, 0.2) is 0 Å². The van der Waals surface area contributed by atoms with Crippen LogP contribution in [-0.4, -0.2) is 52.9 Å². The molecule has 4 rings (SSSR count). The van der Waals surface area contributed by atoms with Gasteiger partial charge in [0.25, 0.3) is 5.91 Å². The van der Waals surface area contributed by atoms with Gasteiger partial charge >= 0.3 is 0 Å². The van der Waals surface area contributed by atoms with E-state index < -0.39 is 0 Å². The van der Waals surface area contributed by atoms with Crippen LogP contribution in [0.4, 0.5) is 0 Å². The summed E-state index contributed by atoms with van der Waals surface area (Å²) in [6.07, 6.45) is 9.19. The van der Waals surface area contributed by atoms with Gasteiger partial charge in [-0.05, 0) is 51.9 Å². The zero-order valence-electron chi connectivity index (χ0n) is 16.6. The van der Waals surface area contributed by atoms with Crippen LogP contribution in [0.1, 0.15) is 73.2 Å². The Kier molecular flexibility index (Phi) is 4.99. The van der Waals surface area contributed by atoms with Gasteiger partial charge in [0.2, 0.25) is 5.91 Å². The molecule has 3 heterocycles. The lowest BCUT2D eigenvalue weighted by Gasteiger charge is -2.41. The Morgan fingerprint density at radius 3 is 2.63 bits per heavy atom. The zero-order valence-corrected chi connectivity index (χ0v) is 16.6. The number of amides is 2. The molecule has 6 nitrogen and oxygen atoms in total. The summed E-state index contributed by atoms with van der Waals surface area (Å²) >= 11 is 0. The monoisotopic (exact) mass is 373 g/mol. The molecule has 2 saturated heterocycles. The summed E-state index contributed by atoms with van der Waals surface area (Å²) in [4.78, 5) is 30.3. The Labute approximate surface area is 161 Å². The fourth-order valence-electron chi connectivity index (χ4n) is 5.38. The van der Waals surface area contributed by atoms with Crippen molar-refractivity contribution in [2.24, 2.45) is 11.3 Å². The van der Waals surface area contributed by atoms with E-state index in [1.165, 1.54) is 32.1 Å². The number of aryl methyl sites for hydroxylation is 2. The van der Waals surface area contributed by atoms with Gasteiger partial charge in [0, 0.05) is 26.2 Å². The second kappa shape index (κ2) is 7.28. The highest BCUT2D eigenvalue weighted by molar-refractivity contribution is 5.97. The van der Waals surface area contributed by atoms with E-state index in [-0.39, 0.29) is 17.2 Å². The molecule has 0 bridgehead atoms. The molecular formula is C21H31N3O3. The summed E-state index contributed by atoms with van der Waals surface area (Å²) in [6.45, 7) is 6.55. The molecule has 1 spiro atoms. The molecule has 3 fully saturated rings. The Morgan fingerprint density at radius 1 is 1.15 bits per heavy atom. The van der Waals surface area contributed by atoms with Crippen molar-refractivity contribution in [3.05, 3.63) is 17.0 Å². The topological polar surface area (TPSA) is 66.7 Å². The highest BCUT2D eigenvalue weighted by atomic mass is 16.5. The maximum atomic E-state index is 13.4. The van der Waals surface area contributed by atoms with Crippen molar-refractivity contribution in [2.45, 2.75) is 65.2 Å². The summed E-state index contributed by atoms with van der Waals surface area (Å²) in [5.41, 5.74) is 0.823. The molecule has 3 aliphatic rings. The van der Waals surface area contributed by atoms with Gasteiger partial charge < -0.3 is 14.3 Å². The smallest absolute Gasteiger partial charge is 0.259 e. The number of carbonyl (C=O) groups is 2. The van der Waals surface area contributed by atoms with Gasteiger partial charge in [0.1, 0.15) is 11.3 Å². The fraction of sp³-hybridized carbons (Fsp3) is 0.762. The number of hydrogen-bond acceptors (Lipinski definition) is 4. The van der Waals surface area contributed by atoms with Crippen molar-refractivity contribution in [3.8, 4) is 0 Å². The number of carbonyl (C=O) groups excluding carboxylic acids is 2. The third kappa shape index (κ3) is 3.39. The third-order valence-corrected chi connectivity index (χ3v) is 6.92. The van der Waals surface area contributed by atoms with Crippen molar-refractivity contribution in [2.75, 3.05) is 26.2 Å². The van der Waals surface area contributed by atoms with E-state index in [1.807, 2.05) is 4.90 Å². The summed E-state index contributed by atoms with van der Waals surface area (Å²) in [5.74, 6) is 1.47. The second-order valence-corrected chi connectivity index (χ2v) is 8.81. The molecule has 2 amide bonds. The van der Waals surface area contributed by atoms with Crippen LogP contribution in [-0.2, 0) is 4.79 Å². The maximum Gasteiger partial charge on any atom is 0.259 e. The highest BCUT2D eigenvalue weighted by Crippen LogP contribution is 2.41. The van der Waals surface area contributed by atoms with Crippen LogP contribution in [0.25, 0.3) is 0 Å². The number of piperidine rings is 1. The van der Waals surface area contributed by atoms with Gasteiger partial charge in [-0.15, -0.1) is 0 Å². The minimum Gasteiger partial charge on any atom is -0.361 e. The number of rotatable bonds is 3. The first-order chi connectivity index (χ1) is 13.0. The van der Waals surface area contributed by atoms with Crippen molar-refractivity contribution in [1.29, 1.82) is 0 Å². The molecule has 148 valence electrons. The van der Waals surface area contributed by atoms with Crippen LogP contribution in [0.2, 0.25) is 0 Å². The van der Waals surface area contributed by atoms with E-state index in [0.717, 1.165) is 32.4 Å². The molecule has 0 aromatic carbocycles. The minimum atomic E-state index is -0.373. The molecule has 27 heavy (non-hydrogen) atoms. The van der Waals surface area contributed by atoms with Gasteiger partial charge in [-0.25, -0.2) is 0 Å². The highest BCUT2D eigenvalue weighted by Gasteiger charge is 2.50. The first kappa shape index (κ1) is 18.5. The van der Waals surface area contributed by atoms with E-state index in [2.05, 4.69) is 10.1 Å².